The Morgan fingerprint density at radius 2 is 2.20 bits per heavy atom. The molecule has 2 aromatic heterocycles. The Kier molecular flexibility index (Phi) is 6.01. The molecule has 0 unspecified atom stereocenters. The summed E-state index contributed by atoms with van der Waals surface area (Å²) in [5, 5.41) is 5.66. The summed E-state index contributed by atoms with van der Waals surface area (Å²) in [6.07, 6.45) is 3.99. The molecule has 4 N–H and O–H groups in total. The maximum atomic E-state index is 12.8. The molecule has 0 spiro atoms. The van der Waals surface area contributed by atoms with Crippen molar-refractivity contribution in [1.29, 1.82) is 0 Å². The van der Waals surface area contributed by atoms with Crippen LogP contribution in [0.3, 0.4) is 0 Å². The molecule has 7 heteroatoms. The third-order valence-electron chi connectivity index (χ3n) is 5.94. The molecule has 0 radical (unpaired) electrons. The van der Waals surface area contributed by atoms with Crippen molar-refractivity contribution < 1.29 is 10.1 Å². The molecule has 2 atom stereocenters. The van der Waals surface area contributed by atoms with E-state index in [1.54, 1.807) is 11.3 Å². The number of quaternary nitrogens is 1. The summed E-state index contributed by atoms with van der Waals surface area (Å²) in [7, 11) is 0. The molecule has 1 aliphatic rings. The number of carbonyl (C=O) groups excluding carboxylic acids is 1. The van der Waals surface area contributed by atoms with Crippen LogP contribution in [0.1, 0.15) is 55.1 Å². The number of hydrogen-bond donors (Lipinski definition) is 3. The molecule has 0 saturated carbocycles. The van der Waals surface area contributed by atoms with E-state index in [0.29, 0.717) is 11.7 Å². The Bertz CT molecular complexity index is 1130. The average molecular weight is 426 g/mol. The fraction of sp³-hybridized carbons (Fsp3) is 0.435. The predicted molar refractivity (Wildman–Crippen MR) is 121 cm³/mol. The van der Waals surface area contributed by atoms with E-state index >= 15 is 0 Å². The molecule has 3 aromatic rings. The lowest BCUT2D eigenvalue weighted by Gasteiger charge is -2.17. The monoisotopic (exact) mass is 425 g/mol. The Hall–Kier alpha value is -2.51. The largest absolute Gasteiger partial charge is 0.330 e. The summed E-state index contributed by atoms with van der Waals surface area (Å²) in [4.78, 5) is 35.1. The van der Waals surface area contributed by atoms with Gasteiger partial charge < -0.3 is 15.6 Å². The number of thiophene rings is 1. The van der Waals surface area contributed by atoms with Gasteiger partial charge >= 0.3 is 0 Å². The Labute approximate surface area is 180 Å². The summed E-state index contributed by atoms with van der Waals surface area (Å²) in [5.74, 6) is 1.22. The quantitative estimate of drug-likeness (QED) is 0.567. The van der Waals surface area contributed by atoms with Gasteiger partial charge in [0.15, 0.2) is 12.4 Å². The van der Waals surface area contributed by atoms with E-state index in [-0.39, 0.29) is 24.1 Å². The number of fused-ring (bicyclic) bond motifs is 3. The molecule has 0 saturated heterocycles. The molecular weight excluding hydrogens is 396 g/mol. The molecule has 6 nitrogen and oxygen atoms in total. The van der Waals surface area contributed by atoms with Crippen molar-refractivity contribution in [2.45, 2.75) is 52.5 Å². The number of nitrogens with two attached hydrogens (primary N) is 1. The van der Waals surface area contributed by atoms with Gasteiger partial charge in [0.2, 0.25) is 0 Å². The summed E-state index contributed by atoms with van der Waals surface area (Å²) >= 11 is 1.66. The number of para-hydroxylation sites is 1. The second kappa shape index (κ2) is 8.70. The first-order valence-corrected chi connectivity index (χ1v) is 11.5. The lowest BCUT2D eigenvalue weighted by molar-refractivity contribution is -0.683. The van der Waals surface area contributed by atoms with Crippen LogP contribution in [0.25, 0.3) is 10.2 Å². The third kappa shape index (κ3) is 4.18. The number of aromatic amines is 1. The second-order valence-corrected chi connectivity index (χ2v) is 9.35. The zero-order valence-corrected chi connectivity index (χ0v) is 18.6. The first-order valence-electron chi connectivity index (χ1n) is 10.7. The van der Waals surface area contributed by atoms with E-state index in [2.05, 4.69) is 24.1 Å². The highest BCUT2D eigenvalue weighted by molar-refractivity contribution is 7.18. The molecule has 1 amide bonds. The van der Waals surface area contributed by atoms with Crippen molar-refractivity contribution >= 4 is 33.1 Å². The number of aromatic nitrogens is 2. The van der Waals surface area contributed by atoms with Crippen LogP contribution in [0.15, 0.2) is 29.1 Å². The van der Waals surface area contributed by atoms with Crippen LogP contribution in [0, 0.1) is 5.92 Å². The Morgan fingerprint density at radius 1 is 1.40 bits per heavy atom. The van der Waals surface area contributed by atoms with Crippen molar-refractivity contribution in [3.8, 4) is 0 Å². The lowest BCUT2D eigenvalue weighted by atomic mass is 9.89. The molecule has 2 heterocycles. The summed E-state index contributed by atoms with van der Waals surface area (Å²) in [5.41, 5.74) is 3.12. The predicted octanol–water partition coefficient (Wildman–Crippen LogP) is 2.93. The molecule has 30 heavy (non-hydrogen) atoms. The van der Waals surface area contributed by atoms with Gasteiger partial charge in [-0.1, -0.05) is 32.0 Å². The SMILES string of the molecule is CCc1ccccc1NC(=O)C[NH2+][C@H](C)c1nc2sc3c(c2c(=O)[nH]1)CC[C@H](C)C3. The highest BCUT2D eigenvalue weighted by atomic mass is 32.1. The van der Waals surface area contributed by atoms with Crippen molar-refractivity contribution in [3.63, 3.8) is 0 Å². The van der Waals surface area contributed by atoms with E-state index in [9.17, 15) is 9.59 Å². The Morgan fingerprint density at radius 3 is 3.00 bits per heavy atom. The van der Waals surface area contributed by atoms with Crippen LogP contribution < -0.4 is 16.2 Å². The summed E-state index contributed by atoms with van der Waals surface area (Å²) < 4.78 is 0. The van der Waals surface area contributed by atoms with Gasteiger partial charge in [0.05, 0.1) is 5.39 Å². The first kappa shape index (κ1) is 20.8. The van der Waals surface area contributed by atoms with Crippen molar-refractivity contribution in [1.82, 2.24) is 9.97 Å². The van der Waals surface area contributed by atoms with E-state index in [4.69, 9.17) is 4.98 Å². The van der Waals surface area contributed by atoms with Gasteiger partial charge in [-0.3, -0.25) is 9.59 Å². The molecular formula is C23H29N4O2S+. The fourth-order valence-corrected chi connectivity index (χ4v) is 5.52. The zero-order chi connectivity index (χ0) is 21.3. The smallest absolute Gasteiger partial charge is 0.279 e. The number of benzene rings is 1. The van der Waals surface area contributed by atoms with Crippen LogP contribution in [-0.2, 0) is 24.1 Å². The van der Waals surface area contributed by atoms with Crippen LogP contribution in [0.5, 0.6) is 0 Å². The minimum Gasteiger partial charge on any atom is -0.330 e. The van der Waals surface area contributed by atoms with Crippen molar-refractivity contribution in [2.75, 3.05) is 11.9 Å². The number of aryl methyl sites for hydroxylation is 2. The number of amides is 1. The average Bonchev–Trinajstić information content (AvgIpc) is 3.10. The van der Waals surface area contributed by atoms with Gasteiger partial charge in [-0.15, -0.1) is 11.3 Å². The van der Waals surface area contributed by atoms with Gasteiger partial charge in [0.25, 0.3) is 11.5 Å². The van der Waals surface area contributed by atoms with E-state index in [1.807, 2.05) is 36.5 Å². The number of hydrogen-bond acceptors (Lipinski definition) is 4. The van der Waals surface area contributed by atoms with Crippen molar-refractivity contribution in [2.24, 2.45) is 5.92 Å². The standard InChI is InChI=1S/C23H28N4O2S/c1-4-15-7-5-6-8-17(15)25-19(28)12-24-14(3)21-26-22(29)20-16-10-9-13(2)11-18(16)30-23(20)27-21/h5-8,13-14,24H,4,9-12H2,1-3H3,(H,25,28)(H,26,27,29)/p+1/t13-,14+/m0/s1. The Balaban J connectivity index is 1.46. The van der Waals surface area contributed by atoms with E-state index < -0.39 is 0 Å². The van der Waals surface area contributed by atoms with E-state index in [1.165, 1.54) is 10.4 Å². The number of anilines is 1. The van der Waals surface area contributed by atoms with Crippen LogP contribution in [0.4, 0.5) is 5.69 Å². The zero-order valence-electron chi connectivity index (χ0n) is 17.7. The number of carbonyl (C=O) groups is 1. The first-order chi connectivity index (χ1) is 14.5. The molecule has 0 aliphatic heterocycles. The highest BCUT2D eigenvalue weighted by Gasteiger charge is 2.24. The third-order valence-corrected chi connectivity index (χ3v) is 7.09. The van der Waals surface area contributed by atoms with Crippen molar-refractivity contribution in [3.05, 3.63) is 56.4 Å². The van der Waals surface area contributed by atoms with Gasteiger partial charge in [-0.05, 0) is 55.7 Å². The number of H-pyrrole nitrogens is 1. The van der Waals surface area contributed by atoms with Gasteiger partial charge in [-0.25, -0.2) is 4.98 Å². The number of nitrogens with one attached hydrogen (secondary N) is 2. The maximum absolute atomic E-state index is 12.8. The van der Waals surface area contributed by atoms with Crippen LogP contribution >= 0.6 is 11.3 Å². The second-order valence-electron chi connectivity index (χ2n) is 8.27. The molecule has 158 valence electrons. The summed E-state index contributed by atoms with van der Waals surface area (Å²) in [6, 6.07) is 7.73. The fourth-order valence-electron chi connectivity index (χ4n) is 4.13. The molecule has 1 aliphatic carbocycles. The molecule has 0 fully saturated rings. The normalized spacial score (nSPS) is 17.0. The highest BCUT2D eigenvalue weighted by Crippen LogP contribution is 2.35. The number of nitrogens with zero attached hydrogens (tertiary/aromatic N) is 1. The minimum atomic E-state index is -0.118. The molecule has 0 bridgehead atoms. The number of rotatable bonds is 6. The van der Waals surface area contributed by atoms with Gasteiger partial charge in [0.1, 0.15) is 10.9 Å². The van der Waals surface area contributed by atoms with Gasteiger partial charge in [-0.2, -0.15) is 0 Å². The van der Waals surface area contributed by atoms with Crippen LogP contribution in [-0.4, -0.2) is 22.4 Å². The van der Waals surface area contributed by atoms with Gasteiger partial charge in [0, 0.05) is 10.6 Å². The minimum absolute atomic E-state index is 0.0522. The molecule has 1 aromatic carbocycles. The topological polar surface area (TPSA) is 91.5 Å². The maximum Gasteiger partial charge on any atom is 0.279 e. The van der Waals surface area contributed by atoms with E-state index in [0.717, 1.165) is 47.2 Å². The van der Waals surface area contributed by atoms with Crippen LogP contribution in [0.2, 0.25) is 0 Å². The lowest BCUT2D eigenvalue weighted by Crippen LogP contribution is -2.87. The molecule has 4 rings (SSSR count). The summed E-state index contributed by atoms with van der Waals surface area (Å²) in [6.45, 7) is 6.56.